The Morgan fingerprint density at radius 2 is 2.00 bits per heavy atom. The van der Waals surface area contributed by atoms with Crippen molar-refractivity contribution in [3.63, 3.8) is 0 Å². The first-order valence-corrected chi connectivity index (χ1v) is 7.05. The molecule has 22 heavy (non-hydrogen) atoms. The first-order chi connectivity index (χ1) is 10.8. The Kier molecular flexibility index (Phi) is 3.01. The SMILES string of the molecule is Clc1nc2ccccn2c1/C=N/Nc1nc2ccccc2[nH]1. The van der Waals surface area contributed by atoms with Crippen LogP contribution in [0.4, 0.5) is 5.95 Å². The van der Waals surface area contributed by atoms with Crippen molar-refractivity contribution in [1.82, 2.24) is 19.4 Å². The maximum absolute atomic E-state index is 6.14. The minimum absolute atomic E-state index is 0.404. The summed E-state index contributed by atoms with van der Waals surface area (Å²) >= 11 is 6.14. The van der Waals surface area contributed by atoms with Gasteiger partial charge in [-0.15, -0.1) is 0 Å². The second kappa shape index (κ2) is 5.16. The number of halogens is 1. The van der Waals surface area contributed by atoms with Gasteiger partial charge in [-0.25, -0.2) is 15.4 Å². The Bertz CT molecular complexity index is 951. The fraction of sp³-hybridized carbons (Fsp3) is 0. The number of fused-ring (bicyclic) bond motifs is 2. The highest BCUT2D eigenvalue weighted by molar-refractivity contribution is 6.32. The van der Waals surface area contributed by atoms with Gasteiger partial charge in [0, 0.05) is 6.20 Å². The fourth-order valence-electron chi connectivity index (χ4n) is 2.26. The van der Waals surface area contributed by atoms with Gasteiger partial charge in [-0.05, 0) is 24.3 Å². The summed E-state index contributed by atoms with van der Waals surface area (Å²) in [7, 11) is 0. The molecule has 3 aromatic heterocycles. The van der Waals surface area contributed by atoms with Gasteiger partial charge in [0.05, 0.1) is 17.2 Å². The third kappa shape index (κ3) is 2.19. The van der Waals surface area contributed by atoms with Crippen LogP contribution < -0.4 is 5.43 Å². The molecule has 6 nitrogen and oxygen atoms in total. The van der Waals surface area contributed by atoms with E-state index in [4.69, 9.17) is 11.6 Å². The quantitative estimate of drug-likeness (QED) is 0.450. The molecule has 0 amide bonds. The number of anilines is 1. The first-order valence-electron chi connectivity index (χ1n) is 6.68. The predicted octanol–water partition coefficient (Wildman–Crippen LogP) is 3.31. The van der Waals surface area contributed by atoms with Crippen molar-refractivity contribution < 1.29 is 0 Å². The lowest BCUT2D eigenvalue weighted by atomic mass is 10.3. The van der Waals surface area contributed by atoms with Gasteiger partial charge < -0.3 is 4.98 Å². The monoisotopic (exact) mass is 310 g/mol. The number of nitrogens with zero attached hydrogens (tertiary/aromatic N) is 4. The van der Waals surface area contributed by atoms with Gasteiger partial charge in [-0.3, -0.25) is 4.40 Å². The van der Waals surface area contributed by atoms with Crippen molar-refractivity contribution in [1.29, 1.82) is 0 Å². The number of hydrazone groups is 1. The third-order valence-corrected chi connectivity index (χ3v) is 3.55. The lowest BCUT2D eigenvalue weighted by Gasteiger charge is -1.96. The minimum atomic E-state index is 0.404. The van der Waals surface area contributed by atoms with E-state index in [-0.39, 0.29) is 0 Å². The molecule has 0 saturated carbocycles. The Balaban J connectivity index is 1.62. The summed E-state index contributed by atoms with van der Waals surface area (Å²) in [4.78, 5) is 11.8. The van der Waals surface area contributed by atoms with Crippen molar-refractivity contribution in [2.75, 3.05) is 5.43 Å². The first kappa shape index (κ1) is 12.8. The molecular formula is C15H11ClN6. The molecule has 0 aliphatic rings. The van der Waals surface area contributed by atoms with E-state index in [0.717, 1.165) is 16.7 Å². The van der Waals surface area contributed by atoms with E-state index in [2.05, 4.69) is 25.5 Å². The molecule has 7 heteroatoms. The molecule has 4 aromatic rings. The molecule has 0 aliphatic heterocycles. The third-order valence-electron chi connectivity index (χ3n) is 3.27. The Hall–Kier alpha value is -2.86. The smallest absolute Gasteiger partial charge is 0.222 e. The van der Waals surface area contributed by atoms with Crippen LogP contribution in [0.15, 0.2) is 53.8 Å². The molecule has 0 radical (unpaired) electrons. The van der Waals surface area contributed by atoms with Gasteiger partial charge in [0.15, 0.2) is 5.15 Å². The topological polar surface area (TPSA) is 70.4 Å². The molecule has 4 rings (SSSR count). The molecule has 0 saturated heterocycles. The molecule has 0 fully saturated rings. The average Bonchev–Trinajstić information content (AvgIpc) is 3.08. The number of hydrogen-bond acceptors (Lipinski definition) is 4. The number of aromatic nitrogens is 4. The van der Waals surface area contributed by atoms with Crippen LogP contribution in [-0.4, -0.2) is 25.6 Å². The summed E-state index contributed by atoms with van der Waals surface area (Å²) < 4.78 is 1.87. The average molecular weight is 311 g/mol. The Morgan fingerprint density at radius 3 is 2.91 bits per heavy atom. The molecule has 2 N–H and O–H groups in total. The van der Waals surface area contributed by atoms with Crippen molar-refractivity contribution >= 4 is 40.4 Å². The lowest BCUT2D eigenvalue weighted by Crippen LogP contribution is -1.95. The van der Waals surface area contributed by atoms with E-state index in [1.807, 2.05) is 53.1 Å². The van der Waals surface area contributed by atoms with Crippen LogP contribution in [0.2, 0.25) is 5.15 Å². The predicted molar refractivity (Wildman–Crippen MR) is 87.5 cm³/mol. The molecule has 0 bridgehead atoms. The van der Waals surface area contributed by atoms with E-state index in [1.165, 1.54) is 0 Å². The van der Waals surface area contributed by atoms with Crippen molar-refractivity contribution in [3.8, 4) is 0 Å². The molecule has 0 unspecified atom stereocenters. The molecule has 0 spiro atoms. The van der Waals surface area contributed by atoms with E-state index in [9.17, 15) is 0 Å². The maximum Gasteiger partial charge on any atom is 0.222 e. The lowest BCUT2D eigenvalue weighted by molar-refractivity contribution is 1.16. The van der Waals surface area contributed by atoms with E-state index in [1.54, 1.807) is 6.21 Å². The number of nitrogens with one attached hydrogen (secondary N) is 2. The zero-order valence-corrected chi connectivity index (χ0v) is 12.1. The van der Waals surface area contributed by atoms with Gasteiger partial charge in [0.1, 0.15) is 11.3 Å². The summed E-state index contributed by atoms with van der Waals surface area (Å²) in [6.07, 6.45) is 3.51. The van der Waals surface area contributed by atoms with E-state index < -0.39 is 0 Å². The number of hydrogen-bond donors (Lipinski definition) is 2. The van der Waals surface area contributed by atoms with Crippen LogP contribution in [0.3, 0.4) is 0 Å². The number of benzene rings is 1. The van der Waals surface area contributed by atoms with Crippen LogP contribution in [0.5, 0.6) is 0 Å². The van der Waals surface area contributed by atoms with Gasteiger partial charge in [-0.2, -0.15) is 5.10 Å². The zero-order valence-electron chi connectivity index (χ0n) is 11.4. The molecule has 108 valence electrons. The van der Waals surface area contributed by atoms with Gasteiger partial charge in [-0.1, -0.05) is 29.8 Å². The number of pyridine rings is 1. The van der Waals surface area contributed by atoms with E-state index >= 15 is 0 Å². The molecule has 3 heterocycles. The summed E-state index contributed by atoms with van der Waals surface area (Å²) in [5.41, 5.74) is 6.19. The number of rotatable bonds is 3. The van der Waals surface area contributed by atoms with Crippen LogP contribution in [0.25, 0.3) is 16.7 Å². The number of imidazole rings is 2. The van der Waals surface area contributed by atoms with Crippen LogP contribution in [-0.2, 0) is 0 Å². The standard InChI is InChI=1S/C15H11ClN6/c16-14-12(22-8-4-3-7-13(22)20-14)9-17-21-15-18-10-5-1-2-6-11(10)19-15/h1-9H,(H2,18,19,21)/b17-9+. The molecule has 0 atom stereocenters. The van der Waals surface area contributed by atoms with Gasteiger partial charge in [0.25, 0.3) is 0 Å². The molecule has 0 aliphatic carbocycles. The maximum atomic E-state index is 6.14. The molecular weight excluding hydrogens is 300 g/mol. The highest BCUT2D eigenvalue weighted by Crippen LogP contribution is 2.16. The Morgan fingerprint density at radius 1 is 1.14 bits per heavy atom. The largest absolute Gasteiger partial charge is 0.323 e. The highest BCUT2D eigenvalue weighted by atomic mass is 35.5. The summed E-state index contributed by atoms with van der Waals surface area (Å²) in [5, 5.41) is 4.58. The highest BCUT2D eigenvalue weighted by Gasteiger charge is 2.07. The normalized spacial score (nSPS) is 11.7. The van der Waals surface area contributed by atoms with E-state index in [0.29, 0.717) is 16.8 Å². The van der Waals surface area contributed by atoms with Crippen LogP contribution in [0, 0.1) is 0 Å². The summed E-state index contributed by atoms with van der Waals surface area (Å²) in [6, 6.07) is 13.5. The van der Waals surface area contributed by atoms with Gasteiger partial charge >= 0.3 is 0 Å². The number of para-hydroxylation sites is 2. The molecule has 1 aromatic carbocycles. The number of aromatic amines is 1. The number of H-pyrrole nitrogens is 1. The second-order valence-electron chi connectivity index (χ2n) is 4.69. The minimum Gasteiger partial charge on any atom is -0.323 e. The van der Waals surface area contributed by atoms with Crippen molar-refractivity contribution in [2.45, 2.75) is 0 Å². The van der Waals surface area contributed by atoms with Crippen LogP contribution >= 0.6 is 11.6 Å². The van der Waals surface area contributed by atoms with Crippen LogP contribution in [0.1, 0.15) is 5.69 Å². The Labute approximate surface area is 130 Å². The summed E-state index contributed by atoms with van der Waals surface area (Å²) in [6.45, 7) is 0. The summed E-state index contributed by atoms with van der Waals surface area (Å²) in [5.74, 6) is 0.572. The van der Waals surface area contributed by atoms with Crippen molar-refractivity contribution in [3.05, 3.63) is 59.5 Å². The van der Waals surface area contributed by atoms with Crippen molar-refractivity contribution in [2.24, 2.45) is 5.10 Å². The van der Waals surface area contributed by atoms with Gasteiger partial charge in [0.2, 0.25) is 5.95 Å². The zero-order chi connectivity index (χ0) is 14.9. The fourth-order valence-corrected chi connectivity index (χ4v) is 2.49. The second-order valence-corrected chi connectivity index (χ2v) is 5.05.